The maximum absolute atomic E-state index is 11.3. The Balaban J connectivity index is 2.81. The highest BCUT2D eigenvalue weighted by Gasteiger charge is 2.13. The Hall–Kier alpha value is -1.41. The number of hydrogen-bond acceptors (Lipinski definition) is 6. The molecule has 7 nitrogen and oxygen atoms in total. The Morgan fingerprint density at radius 2 is 2.18 bits per heavy atom. The summed E-state index contributed by atoms with van der Waals surface area (Å²) in [5, 5.41) is 2.28. The lowest BCUT2D eigenvalue weighted by Crippen LogP contribution is -2.23. The van der Waals surface area contributed by atoms with Gasteiger partial charge >= 0.3 is 0 Å². The number of aromatic nitrogens is 2. The van der Waals surface area contributed by atoms with Gasteiger partial charge in [0.1, 0.15) is 10.9 Å². The van der Waals surface area contributed by atoms with Gasteiger partial charge in [-0.2, -0.15) is 4.98 Å². The number of sulfone groups is 1. The molecule has 0 atom stereocenters. The number of methoxy groups -OCH3 is 1. The molecule has 0 aliphatic rings. The lowest BCUT2D eigenvalue weighted by molar-refractivity contribution is -0.113. The molecule has 0 bridgehead atoms. The van der Waals surface area contributed by atoms with Crippen molar-refractivity contribution in [2.75, 3.05) is 24.4 Å². The van der Waals surface area contributed by atoms with Gasteiger partial charge in [0.15, 0.2) is 9.84 Å². The zero-order valence-corrected chi connectivity index (χ0v) is 10.7. The van der Waals surface area contributed by atoms with Crippen molar-refractivity contribution in [1.82, 2.24) is 9.97 Å². The van der Waals surface area contributed by atoms with Gasteiger partial charge in [-0.3, -0.25) is 10.1 Å². The first-order chi connectivity index (χ1) is 7.80. The minimum Gasteiger partial charge on any atom is -0.481 e. The fourth-order valence-corrected chi connectivity index (χ4v) is 1.68. The molecule has 1 heterocycles. The molecule has 0 spiro atoms. The van der Waals surface area contributed by atoms with Crippen molar-refractivity contribution in [3.8, 4) is 5.88 Å². The number of carbonyl (C=O) groups excluding carboxylic acids is 1. The van der Waals surface area contributed by atoms with Gasteiger partial charge in [0.05, 0.1) is 7.11 Å². The highest BCUT2D eigenvalue weighted by molar-refractivity contribution is 7.91. The third-order valence-corrected chi connectivity index (χ3v) is 2.51. The van der Waals surface area contributed by atoms with Crippen LogP contribution in [0.2, 0.25) is 5.15 Å². The zero-order valence-electron chi connectivity index (χ0n) is 9.10. The van der Waals surface area contributed by atoms with Gasteiger partial charge in [0.25, 0.3) is 0 Å². The number of halogens is 1. The first-order valence-corrected chi connectivity index (χ1v) is 6.80. The van der Waals surface area contributed by atoms with Gasteiger partial charge in [0.2, 0.25) is 17.7 Å². The summed E-state index contributed by atoms with van der Waals surface area (Å²) in [6, 6.07) is 1.35. The lowest BCUT2D eigenvalue weighted by atomic mass is 10.6. The second kappa shape index (κ2) is 5.28. The van der Waals surface area contributed by atoms with Crippen LogP contribution in [0, 0.1) is 0 Å². The predicted octanol–water partition coefficient (Wildman–Crippen LogP) is 0.122. The lowest BCUT2D eigenvalue weighted by Gasteiger charge is -2.05. The van der Waals surface area contributed by atoms with Crippen molar-refractivity contribution in [2.24, 2.45) is 0 Å². The first kappa shape index (κ1) is 13.7. The molecular weight excluding hydrogens is 270 g/mol. The number of nitrogens with zero attached hydrogens (tertiary/aromatic N) is 2. The second-order valence-corrected chi connectivity index (χ2v) is 5.70. The number of nitrogens with one attached hydrogen (secondary N) is 1. The van der Waals surface area contributed by atoms with Crippen LogP contribution >= 0.6 is 11.6 Å². The molecule has 0 saturated carbocycles. The Labute approximate surface area is 103 Å². The van der Waals surface area contributed by atoms with E-state index < -0.39 is 21.5 Å². The summed E-state index contributed by atoms with van der Waals surface area (Å²) in [7, 11) is -2.03. The molecule has 17 heavy (non-hydrogen) atoms. The van der Waals surface area contributed by atoms with Crippen LogP contribution in [0.1, 0.15) is 0 Å². The molecule has 1 amide bonds. The van der Waals surface area contributed by atoms with Crippen LogP contribution in [0.4, 0.5) is 5.95 Å². The SMILES string of the molecule is COc1cc(Cl)nc(NC(=O)CS(C)(=O)=O)n1. The zero-order chi connectivity index (χ0) is 13.1. The summed E-state index contributed by atoms with van der Waals surface area (Å²) in [4.78, 5) is 18.8. The Morgan fingerprint density at radius 1 is 1.53 bits per heavy atom. The average molecular weight is 280 g/mol. The highest BCUT2D eigenvalue weighted by atomic mass is 35.5. The fourth-order valence-electron chi connectivity index (χ4n) is 0.956. The van der Waals surface area contributed by atoms with Gasteiger partial charge in [-0.1, -0.05) is 11.6 Å². The predicted molar refractivity (Wildman–Crippen MR) is 61.9 cm³/mol. The van der Waals surface area contributed by atoms with Gasteiger partial charge in [-0.15, -0.1) is 0 Å². The number of hydrogen-bond donors (Lipinski definition) is 1. The number of carbonyl (C=O) groups is 1. The monoisotopic (exact) mass is 279 g/mol. The minimum absolute atomic E-state index is 0.0755. The van der Waals surface area contributed by atoms with Gasteiger partial charge in [-0.05, 0) is 0 Å². The van der Waals surface area contributed by atoms with Crippen LogP contribution in [0.15, 0.2) is 6.07 Å². The van der Waals surface area contributed by atoms with E-state index in [9.17, 15) is 13.2 Å². The molecule has 1 aromatic rings. The van der Waals surface area contributed by atoms with Crippen LogP contribution in [-0.4, -0.2) is 43.4 Å². The molecule has 0 radical (unpaired) electrons. The number of rotatable bonds is 4. The Kier molecular flexibility index (Phi) is 4.24. The van der Waals surface area contributed by atoms with E-state index in [0.717, 1.165) is 6.26 Å². The molecule has 1 N–H and O–H groups in total. The van der Waals surface area contributed by atoms with Gasteiger partial charge in [-0.25, -0.2) is 13.4 Å². The van der Waals surface area contributed by atoms with Crippen LogP contribution in [-0.2, 0) is 14.6 Å². The molecule has 0 fully saturated rings. The normalized spacial score (nSPS) is 11.0. The highest BCUT2D eigenvalue weighted by Crippen LogP contribution is 2.15. The summed E-state index contributed by atoms with van der Waals surface area (Å²) < 4.78 is 26.6. The van der Waals surface area contributed by atoms with Crippen molar-refractivity contribution in [1.29, 1.82) is 0 Å². The summed E-state index contributed by atoms with van der Waals surface area (Å²) in [6.07, 6.45) is 0.950. The van der Waals surface area contributed by atoms with Crippen LogP contribution in [0.3, 0.4) is 0 Å². The number of amides is 1. The number of ether oxygens (including phenoxy) is 1. The van der Waals surface area contributed by atoms with E-state index in [2.05, 4.69) is 15.3 Å². The van der Waals surface area contributed by atoms with Gasteiger partial charge in [0, 0.05) is 12.3 Å². The van der Waals surface area contributed by atoms with Crippen LogP contribution < -0.4 is 10.1 Å². The smallest absolute Gasteiger partial charge is 0.241 e. The van der Waals surface area contributed by atoms with E-state index in [1.54, 1.807) is 0 Å². The standard InChI is InChI=1S/C8H10ClN3O4S/c1-16-7-3-5(9)10-8(12-7)11-6(13)4-17(2,14)15/h3H,4H2,1-2H3,(H,10,11,12,13). The molecule has 0 aliphatic heterocycles. The summed E-state index contributed by atoms with van der Waals surface area (Å²) in [5.41, 5.74) is 0. The van der Waals surface area contributed by atoms with E-state index in [1.165, 1.54) is 13.2 Å². The molecular formula is C8H10ClN3O4S. The van der Waals surface area contributed by atoms with E-state index >= 15 is 0 Å². The molecule has 0 aromatic carbocycles. The summed E-state index contributed by atoms with van der Waals surface area (Å²) >= 11 is 5.64. The van der Waals surface area contributed by atoms with Crippen molar-refractivity contribution >= 4 is 33.3 Å². The van der Waals surface area contributed by atoms with Crippen LogP contribution in [0.25, 0.3) is 0 Å². The molecule has 94 valence electrons. The van der Waals surface area contributed by atoms with Crippen molar-refractivity contribution in [3.63, 3.8) is 0 Å². The Morgan fingerprint density at radius 3 is 2.71 bits per heavy atom. The maximum atomic E-state index is 11.3. The minimum atomic E-state index is -3.40. The Bertz CT molecular complexity index is 532. The molecule has 0 saturated heterocycles. The topological polar surface area (TPSA) is 98.2 Å². The molecule has 0 aliphatic carbocycles. The molecule has 1 aromatic heterocycles. The second-order valence-electron chi connectivity index (χ2n) is 3.17. The van der Waals surface area contributed by atoms with Crippen LogP contribution in [0.5, 0.6) is 5.88 Å². The summed E-state index contributed by atoms with van der Waals surface area (Å²) in [6.45, 7) is 0. The van der Waals surface area contributed by atoms with Crippen molar-refractivity contribution < 1.29 is 17.9 Å². The van der Waals surface area contributed by atoms with Crippen molar-refractivity contribution in [3.05, 3.63) is 11.2 Å². The number of anilines is 1. The van der Waals surface area contributed by atoms with E-state index in [-0.39, 0.29) is 17.0 Å². The average Bonchev–Trinajstić information content (AvgIpc) is 2.13. The van der Waals surface area contributed by atoms with E-state index in [0.29, 0.717) is 0 Å². The maximum Gasteiger partial charge on any atom is 0.241 e. The van der Waals surface area contributed by atoms with Gasteiger partial charge < -0.3 is 4.74 Å². The summed E-state index contributed by atoms with van der Waals surface area (Å²) in [5.74, 6) is -1.33. The molecule has 0 unspecified atom stereocenters. The molecule has 1 rings (SSSR count). The van der Waals surface area contributed by atoms with E-state index in [1.807, 2.05) is 0 Å². The quantitative estimate of drug-likeness (QED) is 0.786. The van der Waals surface area contributed by atoms with E-state index in [4.69, 9.17) is 16.3 Å². The van der Waals surface area contributed by atoms with Crippen molar-refractivity contribution in [2.45, 2.75) is 0 Å². The first-order valence-electron chi connectivity index (χ1n) is 4.36. The third kappa shape index (κ3) is 4.96. The largest absolute Gasteiger partial charge is 0.481 e. The third-order valence-electron chi connectivity index (χ3n) is 1.53. The molecule has 9 heteroatoms. The fraction of sp³-hybridized carbons (Fsp3) is 0.375.